The summed E-state index contributed by atoms with van der Waals surface area (Å²) in [6.45, 7) is 1.07. The van der Waals surface area contributed by atoms with Crippen LogP contribution in [0, 0.1) is 11.6 Å². The number of halogens is 3. The van der Waals surface area contributed by atoms with Crippen LogP contribution in [0.1, 0.15) is 32.1 Å². The molecule has 0 aliphatic carbocycles. The zero-order valence-electron chi connectivity index (χ0n) is 16.1. The fourth-order valence-corrected chi connectivity index (χ4v) is 5.38. The Kier molecular flexibility index (Phi) is 6.49. The number of nitrogens with zero attached hydrogens (tertiary/aromatic N) is 2. The number of benzene rings is 1. The van der Waals surface area contributed by atoms with Gasteiger partial charge in [-0.05, 0) is 43.0 Å². The minimum Gasteiger partial charge on any atom is -0.347 e. The third-order valence-electron chi connectivity index (χ3n) is 5.21. The van der Waals surface area contributed by atoms with Crippen molar-refractivity contribution in [1.29, 1.82) is 0 Å². The van der Waals surface area contributed by atoms with Gasteiger partial charge in [0, 0.05) is 39.6 Å². The predicted molar refractivity (Wildman–Crippen MR) is 122 cm³/mol. The lowest BCUT2D eigenvalue weighted by Gasteiger charge is -2.16. The van der Waals surface area contributed by atoms with Gasteiger partial charge in [0.15, 0.2) is 11.6 Å². The van der Waals surface area contributed by atoms with E-state index in [-0.39, 0.29) is 18.5 Å². The van der Waals surface area contributed by atoms with Crippen molar-refractivity contribution in [1.82, 2.24) is 15.1 Å². The maximum Gasteiger partial charge on any atom is 0.261 e. The number of amides is 1. The SMILES string of the molecule is NCC(Cc1ccc(F)c(F)c1)NC(=O)c1cc2c(s1)CCCn1ncc(CI)c1-2. The van der Waals surface area contributed by atoms with Crippen LogP contribution in [-0.2, 0) is 23.8 Å². The van der Waals surface area contributed by atoms with Crippen LogP contribution in [0.3, 0.4) is 0 Å². The number of aromatic nitrogens is 2. The molecule has 0 bridgehead atoms. The third-order valence-corrected chi connectivity index (χ3v) is 7.22. The molecule has 0 fully saturated rings. The summed E-state index contributed by atoms with van der Waals surface area (Å²) >= 11 is 3.83. The number of nitrogens with two attached hydrogens (primary N) is 1. The maximum atomic E-state index is 13.5. The highest BCUT2D eigenvalue weighted by Crippen LogP contribution is 2.37. The van der Waals surface area contributed by atoms with E-state index in [1.165, 1.54) is 27.8 Å². The molecule has 30 heavy (non-hydrogen) atoms. The van der Waals surface area contributed by atoms with Gasteiger partial charge < -0.3 is 11.1 Å². The van der Waals surface area contributed by atoms with Crippen molar-refractivity contribution in [2.24, 2.45) is 5.73 Å². The van der Waals surface area contributed by atoms with Gasteiger partial charge in [0.2, 0.25) is 0 Å². The van der Waals surface area contributed by atoms with E-state index in [2.05, 4.69) is 33.0 Å². The first-order valence-corrected chi connectivity index (χ1v) is 12.0. The molecule has 5 nitrogen and oxygen atoms in total. The van der Waals surface area contributed by atoms with Crippen LogP contribution in [0.4, 0.5) is 8.78 Å². The van der Waals surface area contributed by atoms with Crippen LogP contribution < -0.4 is 11.1 Å². The topological polar surface area (TPSA) is 72.9 Å². The van der Waals surface area contributed by atoms with Crippen LogP contribution >= 0.6 is 33.9 Å². The largest absolute Gasteiger partial charge is 0.347 e. The Morgan fingerprint density at radius 2 is 2.17 bits per heavy atom. The van der Waals surface area contributed by atoms with Crippen LogP contribution in [0.2, 0.25) is 0 Å². The van der Waals surface area contributed by atoms with Crippen molar-refractivity contribution in [2.45, 2.75) is 36.3 Å². The number of carbonyl (C=O) groups is 1. The van der Waals surface area contributed by atoms with Crippen molar-refractivity contribution in [3.63, 3.8) is 0 Å². The number of hydrogen-bond acceptors (Lipinski definition) is 4. The number of thiophene rings is 1. The van der Waals surface area contributed by atoms with Gasteiger partial charge in [-0.25, -0.2) is 8.78 Å². The van der Waals surface area contributed by atoms with Crippen LogP contribution in [0.25, 0.3) is 11.3 Å². The van der Waals surface area contributed by atoms with Gasteiger partial charge in [0.05, 0.1) is 16.8 Å². The second kappa shape index (κ2) is 9.11. The lowest BCUT2D eigenvalue weighted by atomic mass is 10.1. The minimum atomic E-state index is -0.903. The quantitative estimate of drug-likeness (QED) is 0.365. The molecule has 0 saturated carbocycles. The molecule has 9 heteroatoms. The summed E-state index contributed by atoms with van der Waals surface area (Å²) in [6, 6.07) is 5.30. The number of carbonyl (C=O) groups excluding carboxylic acids is 1. The predicted octanol–water partition coefficient (Wildman–Crippen LogP) is 4.07. The number of alkyl halides is 1. The summed E-state index contributed by atoms with van der Waals surface area (Å²) in [4.78, 5) is 14.7. The first-order chi connectivity index (χ1) is 14.5. The summed E-state index contributed by atoms with van der Waals surface area (Å²) in [5.74, 6) is -2.00. The third kappa shape index (κ3) is 4.28. The zero-order valence-corrected chi connectivity index (χ0v) is 19.1. The van der Waals surface area contributed by atoms with Gasteiger partial charge in [-0.1, -0.05) is 28.7 Å². The van der Waals surface area contributed by atoms with Gasteiger partial charge in [-0.3, -0.25) is 9.48 Å². The summed E-state index contributed by atoms with van der Waals surface area (Å²) in [5.41, 5.74) is 9.76. The van der Waals surface area contributed by atoms with Gasteiger partial charge >= 0.3 is 0 Å². The molecular formula is C21H21F2IN4OS. The first-order valence-electron chi connectivity index (χ1n) is 9.68. The Hall–Kier alpha value is -1.85. The molecule has 158 valence electrons. The molecule has 0 radical (unpaired) electrons. The van der Waals surface area contributed by atoms with E-state index in [0.717, 1.165) is 47.2 Å². The van der Waals surface area contributed by atoms with Crippen molar-refractivity contribution >= 4 is 39.8 Å². The molecule has 3 N–H and O–H groups in total. The maximum absolute atomic E-state index is 13.5. The van der Waals surface area contributed by atoms with Crippen molar-refractivity contribution < 1.29 is 13.6 Å². The van der Waals surface area contributed by atoms with Crippen molar-refractivity contribution in [2.75, 3.05) is 6.54 Å². The molecule has 1 aromatic carbocycles. The highest BCUT2D eigenvalue weighted by Gasteiger charge is 2.24. The Balaban J connectivity index is 1.54. The molecule has 1 aliphatic heterocycles. The van der Waals surface area contributed by atoms with Gasteiger partial charge in [0.25, 0.3) is 5.91 Å². The number of rotatable bonds is 6. The molecule has 3 heterocycles. The van der Waals surface area contributed by atoms with E-state index in [1.54, 1.807) is 0 Å². The Bertz CT molecular complexity index is 1080. The van der Waals surface area contributed by atoms with Crippen LogP contribution in [0.15, 0.2) is 30.5 Å². The normalized spacial score (nSPS) is 14.0. The molecule has 2 aromatic heterocycles. The van der Waals surface area contributed by atoms with E-state index in [9.17, 15) is 13.6 Å². The number of aryl methyl sites for hydroxylation is 2. The van der Waals surface area contributed by atoms with Crippen molar-refractivity contribution in [3.05, 3.63) is 63.0 Å². The highest BCUT2D eigenvalue weighted by molar-refractivity contribution is 14.1. The summed E-state index contributed by atoms with van der Waals surface area (Å²) in [5, 5.41) is 7.45. The smallest absolute Gasteiger partial charge is 0.261 e. The monoisotopic (exact) mass is 542 g/mol. The molecule has 0 spiro atoms. The second-order valence-electron chi connectivity index (χ2n) is 7.28. The lowest BCUT2D eigenvalue weighted by Crippen LogP contribution is -2.41. The minimum absolute atomic E-state index is 0.196. The molecule has 3 aromatic rings. The molecule has 1 unspecified atom stereocenters. The summed E-state index contributed by atoms with van der Waals surface area (Å²) in [6.07, 6.45) is 4.12. The average Bonchev–Trinajstić information content (AvgIpc) is 3.30. The Labute approximate surface area is 190 Å². The standard InChI is InChI=1S/C21H21F2IN4OS/c22-16-4-3-12(7-17(16)23)6-14(10-25)27-21(29)19-8-15-18(30-19)2-1-5-28-20(15)13(9-24)11-26-28/h3-4,7-8,11,14H,1-2,5-6,9-10,25H2,(H,27,29). The number of fused-ring (bicyclic) bond motifs is 3. The van der Waals surface area contributed by atoms with E-state index in [0.29, 0.717) is 16.9 Å². The molecule has 0 saturated heterocycles. The summed E-state index contributed by atoms with van der Waals surface area (Å²) in [7, 11) is 0. The highest BCUT2D eigenvalue weighted by atomic mass is 127. The fraction of sp³-hybridized carbons (Fsp3) is 0.333. The fourth-order valence-electron chi connectivity index (χ4n) is 3.72. The average molecular weight is 542 g/mol. The molecule has 1 amide bonds. The zero-order chi connectivity index (χ0) is 21.3. The second-order valence-corrected chi connectivity index (χ2v) is 9.18. The van der Waals surface area contributed by atoms with E-state index in [1.807, 2.05) is 16.9 Å². The van der Waals surface area contributed by atoms with E-state index >= 15 is 0 Å². The molecular weight excluding hydrogens is 521 g/mol. The molecule has 1 aliphatic rings. The lowest BCUT2D eigenvalue weighted by molar-refractivity contribution is 0.0942. The first kappa shape index (κ1) is 21.4. The Morgan fingerprint density at radius 1 is 1.33 bits per heavy atom. The molecule has 1 atom stereocenters. The Morgan fingerprint density at radius 3 is 2.90 bits per heavy atom. The van der Waals surface area contributed by atoms with Crippen molar-refractivity contribution in [3.8, 4) is 11.3 Å². The van der Waals surface area contributed by atoms with Crippen LogP contribution in [0.5, 0.6) is 0 Å². The molecule has 4 rings (SSSR count). The number of hydrogen-bond donors (Lipinski definition) is 2. The number of nitrogens with one attached hydrogen (secondary N) is 1. The van der Waals surface area contributed by atoms with Gasteiger partial charge in [-0.15, -0.1) is 11.3 Å². The van der Waals surface area contributed by atoms with E-state index in [4.69, 9.17) is 5.73 Å². The van der Waals surface area contributed by atoms with Gasteiger partial charge in [-0.2, -0.15) is 5.10 Å². The van der Waals surface area contributed by atoms with Crippen LogP contribution in [-0.4, -0.2) is 28.3 Å². The van der Waals surface area contributed by atoms with E-state index < -0.39 is 11.6 Å². The summed E-state index contributed by atoms with van der Waals surface area (Å²) < 4.78 is 29.5. The van der Waals surface area contributed by atoms with Gasteiger partial charge in [0.1, 0.15) is 0 Å².